The Bertz CT molecular complexity index is 300. The molecule has 0 spiro atoms. The molecule has 2 heterocycles. The first-order valence-corrected chi connectivity index (χ1v) is 3.38. The topological polar surface area (TPSA) is 30.7 Å². The minimum atomic E-state index is 0.991. The van der Waals surface area contributed by atoms with E-state index in [0.29, 0.717) is 0 Å². The van der Waals surface area contributed by atoms with Crippen molar-refractivity contribution < 1.29 is 0 Å². The molecule has 1 aromatic rings. The van der Waals surface area contributed by atoms with E-state index in [1.165, 1.54) is 0 Å². The summed E-state index contributed by atoms with van der Waals surface area (Å²) < 4.78 is 1.72. The Labute approximate surface area is 64.3 Å². The van der Waals surface area contributed by atoms with Gasteiger partial charge in [-0.2, -0.15) is 0 Å². The monoisotopic (exact) mass is 145 g/mol. The zero-order valence-corrected chi connectivity index (χ0v) is 5.88. The molecule has 0 saturated heterocycles. The molecule has 0 bridgehead atoms. The van der Waals surface area contributed by atoms with Crippen LogP contribution in [0.5, 0.6) is 0 Å². The summed E-state index contributed by atoms with van der Waals surface area (Å²) in [4.78, 5) is 0. The molecule has 0 atom stereocenters. The molecule has 0 radical (unpaired) electrons. The average molecular weight is 145 g/mol. The summed E-state index contributed by atoms with van der Waals surface area (Å²) in [7, 11) is 0. The van der Waals surface area contributed by atoms with Gasteiger partial charge in [-0.1, -0.05) is 23.4 Å². The molecule has 0 aromatic carbocycles. The molecule has 3 heteroatoms. The van der Waals surface area contributed by atoms with Gasteiger partial charge < -0.3 is 0 Å². The summed E-state index contributed by atoms with van der Waals surface area (Å²) in [5.74, 6) is 0. The van der Waals surface area contributed by atoms with Gasteiger partial charge in [0.2, 0.25) is 0 Å². The fraction of sp³-hybridized carbons (Fsp3) is 0. The fourth-order valence-electron chi connectivity index (χ4n) is 0.900. The molecule has 54 valence electrons. The van der Waals surface area contributed by atoms with Crippen LogP contribution >= 0.6 is 0 Å². The van der Waals surface area contributed by atoms with E-state index in [1.807, 2.05) is 36.6 Å². The third-order valence-electron chi connectivity index (χ3n) is 1.43. The van der Waals surface area contributed by atoms with Gasteiger partial charge in [-0.3, -0.25) is 0 Å². The molecule has 1 aromatic heterocycles. The van der Waals surface area contributed by atoms with Crippen molar-refractivity contribution in [3.05, 3.63) is 36.2 Å². The molecular formula is C8H7N3. The van der Waals surface area contributed by atoms with Gasteiger partial charge in [-0.25, -0.2) is 4.68 Å². The Kier molecular flexibility index (Phi) is 1.41. The van der Waals surface area contributed by atoms with E-state index in [4.69, 9.17) is 0 Å². The first kappa shape index (κ1) is 6.09. The predicted molar refractivity (Wildman–Crippen MR) is 43.5 cm³/mol. The lowest BCUT2D eigenvalue weighted by atomic mass is 10.3. The maximum absolute atomic E-state index is 3.85. The standard InChI is InChI=1S/C8H7N3/c1-2-4-6-11-8(5-3-1)7-9-10-11/h1-7H. The number of aromatic nitrogens is 3. The summed E-state index contributed by atoms with van der Waals surface area (Å²) in [6.07, 6.45) is 13.3. The largest absolute Gasteiger partial charge is 0.221 e. The zero-order valence-electron chi connectivity index (χ0n) is 5.88. The van der Waals surface area contributed by atoms with E-state index in [2.05, 4.69) is 10.3 Å². The van der Waals surface area contributed by atoms with Crippen LogP contribution in [0.25, 0.3) is 12.3 Å². The van der Waals surface area contributed by atoms with Crippen molar-refractivity contribution in [2.24, 2.45) is 0 Å². The summed E-state index contributed by atoms with van der Waals surface area (Å²) >= 11 is 0. The normalized spacial score (nSPS) is 14.2. The van der Waals surface area contributed by atoms with Crippen molar-refractivity contribution in [3.8, 4) is 0 Å². The van der Waals surface area contributed by atoms with Crippen molar-refractivity contribution in [1.29, 1.82) is 0 Å². The predicted octanol–water partition coefficient (Wildman–Crippen LogP) is 1.33. The van der Waals surface area contributed by atoms with E-state index in [0.717, 1.165) is 5.69 Å². The third-order valence-corrected chi connectivity index (χ3v) is 1.43. The minimum absolute atomic E-state index is 0.991. The molecule has 3 nitrogen and oxygen atoms in total. The van der Waals surface area contributed by atoms with Crippen molar-refractivity contribution in [3.63, 3.8) is 0 Å². The fourth-order valence-corrected chi connectivity index (χ4v) is 0.900. The second kappa shape index (κ2) is 2.54. The second-order valence-corrected chi connectivity index (χ2v) is 2.19. The third kappa shape index (κ3) is 1.12. The molecular weight excluding hydrogens is 138 g/mol. The Morgan fingerprint density at radius 3 is 3.00 bits per heavy atom. The first-order chi connectivity index (χ1) is 5.47. The molecule has 0 unspecified atom stereocenters. The lowest BCUT2D eigenvalue weighted by molar-refractivity contribution is 0.835. The molecule has 0 N–H and O–H groups in total. The summed E-state index contributed by atoms with van der Waals surface area (Å²) in [5, 5.41) is 7.62. The highest BCUT2D eigenvalue weighted by molar-refractivity contribution is 5.51. The molecule has 1 aliphatic rings. The summed E-state index contributed by atoms with van der Waals surface area (Å²) in [6, 6.07) is 0. The van der Waals surface area contributed by atoms with Gasteiger partial charge >= 0.3 is 0 Å². The molecule has 1 aliphatic heterocycles. The number of hydrogen-bond acceptors (Lipinski definition) is 2. The van der Waals surface area contributed by atoms with Crippen LogP contribution < -0.4 is 0 Å². The van der Waals surface area contributed by atoms with Gasteiger partial charge in [-0.15, -0.1) is 5.10 Å². The first-order valence-electron chi connectivity index (χ1n) is 3.38. The lowest BCUT2D eigenvalue weighted by Gasteiger charge is -1.93. The number of allylic oxidation sites excluding steroid dienone is 4. The lowest BCUT2D eigenvalue weighted by Crippen LogP contribution is -1.91. The Morgan fingerprint density at radius 1 is 1.09 bits per heavy atom. The van der Waals surface area contributed by atoms with Crippen LogP contribution in [0.3, 0.4) is 0 Å². The van der Waals surface area contributed by atoms with Gasteiger partial charge in [0.1, 0.15) is 0 Å². The summed E-state index contributed by atoms with van der Waals surface area (Å²) in [6.45, 7) is 0. The van der Waals surface area contributed by atoms with Crippen molar-refractivity contribution in [2.75, 3.05) is 0 Å². The maximum atomic E-state index is 3.85. The molecule has 0 aliphatic carbocycles. The van der Waals surface area contributed by atoms with Crippen LogP contribution in [0, 0.1) is 0 Å². The van der Waals surface area contributed by atoms with Crippen LogP contribution in [0.2, 0.25) is 0 Å². The molecule has 0 saturated carbocycles. The number of rotatable bonds is 0. The Morgan fingerprint density at radius 2 is 2.00 bits per heavy atom. The minimum Gasteiger partial charge on any atom is -0.221 e. The van der Waals surface area contributed by atoms with Crippen molar-refractivity contribution >= 4 is 12.3 Å². The van der Waals surface area contributed by atoms with E-state index in [-0.39, 0.29) is 0 Å². The van der Waals surface area contributed by atoms with Crippen molar-refractivity contribution in [2.45, 2.75) is 0 Å². The van der Waals surface area contributed by atoms with E-state index in [9.17, 15) is 0 Å². The summed E-state index contributed by atoms with van der Waals surface area (Å²) in [5.41, 5.74) is 0.991. The molecule has 11 heavy (non-hydrogen) atoms. The smallest absolute Gasteiger partial charge is 0.0864 e. The van der Waals surface area contributed by atoms with Crippen LogP contribution in [0.1, 0.15) is 5.69 Å². The number of fused-ring (bicyclic) bond motifs is 1. The van der Waals surface area contributed by atoms with Crippen LogP contribution in [-0.2, 0) is 0 Å². The van der Waals surface area contributed by atoms with E-state index < -0.39 is 0 Å². The van der Waals surface area contributed by atoms with Gasteiger partial charge in [0.15, 0.2) is 0 Å². The SMILES string of the molecule is C1=CC=Cn2nncc2C=C1. The van der Waals surface area contributed by atoms with Crippen LogP contribution in [0.4, 0.5) is 0 Å². The second-order valence-electron chi connectivity index (χ2n) is 2.19. The highest BCUT2D eigenvalue weighted by atomic mass is 15.4. The quantitative estimate of drug-likeness (QED) is 0.551. The van der Waals surface area contributed by atoms with Crippen LogP contribution in [0.15, 0.2) is 30.5 Å². The van der Waals surface area contributed by atoms with Gasteiger partial charge in [0, 0.05) is 6.20 Å². The van der Waals surface area contributed by atoms with Gasteiger partial charge in [0.25, 0.3) is 0 Å². The zero-order chi connectivity index (χ0) is 7.52. The molecule has 0 fully saturated rings. The maximum Gasteiger partial charge on any atom is 0.0864 e. The Balaban J connectivity index is 2.52. The van der Waals surface area contributed by atoms with Crippen molar-refractivity contribution in [1.82, 2.24) is 15.0 Å². The van der Waals surface area contributed by atoms with Gasteiger partial charge in [-0.05, 0) is 12.2 Å². The van der Waals surface area contributed by atoms with E-state index in [1.54, 1.807) is 10.9 Å². The highest BCUT2D eigenvalue weighted by Crippen LogP contribution is 2.02. The van der Waals surface area contributed by atoms with Crippen LogP contribution in [-0.4, -0.2) is 15.0 Å². The number of nitrogens with zero attached hydrogens (tertiary/aromatic N) is 3. The average Bonchev–Trinajstić information content (AvgIpc) is 2.35. The van der Waals surface area contributed by atoms with E-state index >= 15 is 0 Å². The molecule has 0 amide bonds. The number of hydrogen-bond donors (Lipinski definition) is 0. The van der Waals surface area contributed by atoms with Gasteiger partial charge in [0.05, 0.1) is 11.9 Å². The Hall–Kier alpha value is -1.64. The highest BCUT2D eigenvalue weighted by Gasteiger charge is 1.94. The molecule has 2 rings (SSSR count).